The van der Waals surface area contributed by atoms with Gasteiger partial charge in [-0.15, -0.1) is 0 Å². The van der Waals surface area contributed by atoms with Crippen molar-refractivity contribution in [3.05, 3.63) is 60.7 Å². The smallest absolute Gasteiger partial charge is 0 e. The average molecular weight is 206 g/mol. The van der Waals surface area contributed by atoms with Gasteiger partial charge in [0.2, 0.25) is 0 Å². The summed E-state index contributed by atoms with van der Waals surface area (Å²) in [6.45, 7) is 0. The van der Waals surface area contributed by atoms with Gasteiger partial charge in [0.05, 0.1) is 0 Å². The van der Waals surface area contributed by atoms with E-state index in [1.54, 1.807) is 0 Å². The van der Waals surface area contributed by atoms with Crippen LogP contribution in [0.5, 0.6) is 0 Å². The molecule has 0 N–H and O–H groups in total. The Kier molecular flexibility index (Phi) is 2.79. The summed E-state index contributed by atoms with van der Waals surface area (Å²) in [6.07, 6.45) is 0. The molecule has 0 aliphatic carbocycles. The second-order valence-corrected chi connectivity index (χ2v) is 3.55. The highest BCUT2D eigenvalue weighted by molar-refractivity contribution is 5.97. The SMILES string of the molecule is N#N.c1ccc2cc3ccccc3cc2c1. The highest BCUT2D eigenvalue weighted by atomic mass is 14.6. The van der Waals surface area contributed by atoms with Crippen LogP contribution in [0.2, 0.25) is 0 Å². The first-order chi connectivity index (χ1) is 7.93. The van der Waals surface area contributed by atoms with Gasteiger partial charge in [0.1, 0.15) is 0 Å². The fraction of sp³-hybridized carbons (Fsp3) is 0. The van der Waals surface area contributed by atoms with Gasteiger partial charge in [-0.05, 0) is 33.7 Å². The van der Waals surface area contributed by atoms with E-state index in [2.05, 4.69) is 60.7 Å². The minimum atomic E-state index is 1.31. The molecule has 0 aromatic heterocycles. The lowest BCUT2D eigenvalue weighted by molar-refractivity contribution is 1.15. The van der Waals surface area contributed by atoms with Crippen molar-refractivity contribution in [3.63, 3.8) is 0 Å². The van der Waals surface area contributed by atoms with Crippen LogP contribution in [-0.4, -0.2) is 0 Å². The third kappa shape index (κ3) is 1.71. The predicted octanol–water partition coefficient (Wildman–Crippen LogP) is 4.02. The summed E-state index contributed by atoms with van der Waals surface area (Å²) >= 11 is 0. The van der Waals surface area contributed by atoms with Gasteiger partial charge < -0.3 is 0 Å². The number of benzene rings is 3. The molecule has 0 saturated carbocycles. The molecule has 0 aliphatic heterocycles. The molecule has 0 spiro atoms. The van der Waals surface area contributed by atoms with Crippen LogP contribution in [0.25, 0.3) is 21.5 Å². The summed E-state index contributed by atoms with van der Waals surface area (Å²) < 4.78 is 0. The van der Waals surface area contributed by atoms with Gasteiger partial charge in [0, 0.05) is 10.8 Å². The third-order valence-electron chi connectivity index (χ3n) is 2.61. The minimum Gasteiger partial charge on any atom is -0.0616 e. The molecule has 76 valence electrons. The van der Waals surface area contributed by atoms with Crippen molar-refractivity contribution in [2.75, 3.05) is 0 Å². The second-order valence-electron chi connectivity index (χ2n) is 3.55. The fourth-order valence-corrected chi connectivity index (χ4v) is 1.88. The lowest BCUT2D eigenvalue weighted by Gasteiger charge is -2.00. The molecule has 2 nitrogen and oxygen atoms in total. The Morgan fingerprint density at radius 3 is 1.00 bits per heavy atom. The Bertz CT molecular complexity index is 536. The minimum absolute atomic E-state index is 1.31. The number of rotatable bonds is 0. The maximum Gasteiger partial charge on any atom is 0 e. The Hall–Kier alpha value is -2.40. The van der Waals surface area contributed by atoms with E-state index in [1.165, 1.54) is 21.5 Å². The Balaban J connectivity index is 0.000000457. The van der Waals surface area contributed by atoms with Crippen LogP contribution in [-0.2, 0) is 0 Å². The molecule has 3 aromatic rings. The molecule has 16 heavy (non-hydrogen) atoms. The quantitative estimate of drug-likeness (QED) is 0.412. The lowest BCUT2D eigenvalue weighted by Crippen LogP contribution is -1.74. The van der Waals surface area contributed by atoms with Crippen LogP contribution in [0.3, 0.4) is 0 Å². The second kappa shape index (κ2) is 4.41. The summed E-state index contributed by atoms with van der Waals surface area (Å²) in [7, 11) is 0. The Labute approximate surface area is 93.6 Å². The lowest BCUT2D eigenvalue weighted by atomic mass is 10.0. The van der Waals surface area contributed by atoms with Crippen molar-refractivity contribution in [1.82, 2.24) is 0 Å². The Morgan fingerprint density at radius 1 is 0.500 bits per heavy atom. The summed E-state index contributed by atoms with van der Waals surface area (Å²) in [6, 6.07) is 21.4. The van der Waals surface area contributed by atoms with Crippen LogP contribution in [0.15, 0.2) is 60.7 Å². The standard InChI is InChI=1S/C14H10.N2/c1-2-6-12-10-14-8-4-3-7-13(14)9-11(12)5-1;1-2/h1-10H;. The van der Waals surface area contributed by atoms with E-state index >= 15 is 0 Å². The van der Waals surface area contributed by atoms with Gasteiger partial charge in [-0.25, -0.2) is 0 Å². The van der Waals surface area contributed by atoms with E-state index in [0.717, 1.165) is 0 Å². The topological polar surface area (TPSA) is 47.6 Å². The number of hydrogen-bond donors (Lipinski definition) is 0. The fourth-order valence-electron chi connectivity index (χ4n) is 1.88. The largest absolute Gasteiger partial charge is 0.0616 e. The van der Waals surface area contributed by atoms with E-state index in [1.807, 2.05) is 0 Å². The predicted molar refractivity (Wildman–Crippen MR) is 64.9 cm³/mol. The van der Waals surface area contributed by atoms with Gasteiger partial charge in [-0.1, -0.05) is 48.5 Å². The van der Waals surface area contributed by atoms with E-state index in [-0.39, 0.29) is 0 Å². The van der Waals surface area contributed by atoms with Crippen molar-refractivity contribution in [1.29, 1.82) is 10.8 Å². The highest BCUT2D eigenvalue weighted by Gasteiger charge is 1.95. The van der Waals surface area contributed by atoms with Gasteiger partial charge in [-0.2, -0.15) is 0 Å². The van der Waals surface area contributed by atoms with E-state index in [0.29, 0.717) is 0 Å². The normalized spacial score (nSPS) is 9.62. The highest BCUT2D eigenvalue weighted by Crippen LogP contribution is 2.21. The molecular weight excluding hydrogens is 196 g/mol. The van der Waals surface area contributed by atoms with Crippen LogP contribution in [0, 0.1) is 10.8 Å². The summed E-state index contributed by atoms with van der Waals surface area (Å²) in [5.74, 6) is 0. The number of hydrogen-bond acceptors (Lipinski definition) is 2. The van der Waals surface area contributed by atoms with E-state index in [9.17, 15) is 0 Å². The summed E-state index contributed by atoms with van der Waals surface area (Å²) in [5.41, 5.74) is 0. The summed E-state index contributed by atoms with van der Waals surface area (Å²) in [5, 5.41) is 17.2. The molecule has 0 heterocycles. The first-order valence-electron chi connectivity index (χ1n) is 5.01. The van der Waals surface area contributed by atoms with Crippen molar-refractivity contribution >= 4 is 21.5 Å². The zero-order valence-corrected chi connectivity index (χ0v) is 8.67. The molecule has 3 aromatic carbocycles. The molecule has 0 unspecified atom stereocenters. The number of fused-ring (bicyclic) bond motifs is 2. The van der Waals surface area contributed by atoms with Crippen molar-refractivity contribution < 1.29 is 0 Å². The van der Waals surface area contributed by atoms with Gasteiger partial charge >= 0.3 is 0 Å². The Morgan fingerprint density at radius 2 is 0.750 bits per heavy atom. The number of nitrogens with zero attached hydrogens (tertiary/aromatic N) is 2. The maximum atomic E-state index is 6.00. The van der Waals surface area contributed by atoms with Gasteiger partial charge in [0.15, 0.2) is 0 Å². The van der Waals surface area contributed by atoms with Crippen LogP contribution >= 0.6 is 0 Å². The molecule has 0 amide bonds. The zero-order chi connectivity index (χ0) is 11.4. The molecule has 0 saturated heterocycles. The molecule has 3 rings (SSSR count). The molecule has 0 aliphatic rings. The molecule has 2 heteroatoms. The third-order valence-corrected chi connectivity index (χ3v) is 2.61. The van der Waals surface area contributed by atoms with Gasteiger partial charge in [-0.3, -0.25) is 0 Å². The first-order valence-corrected chi connectivity index (χ1v) is 5.01. The summed E-state index contributed by atoms with van der Waals surface area (Å²) in [4.78, 5) is 0. The molecule has 0 fully saturated rings. The monoisotopic (exact) mass is 206 g/mol. The maximum absolute atomic E-state index is 6.00. The first kappa shape index (κ1) is 10.1. The van der Waals surface area contributed by atoms with Crippen molar-refractivity contribution in [2.24, 2.45) is 0 Å². The zero-order valence-electron chi connectivity index (χ0n) is 8.67. The molecule has 0 bridgehead atoms. The van der Waals surface area contributed by atoms with E-state index in [4.69, 9.17) is 10.8 Å². The van der Waals surface area contributed by atoms with Crippen molar-refractivity contribution in [2.45, 2.75) is 0 Å². The molecular formula is C14H10N2. The van der Waals surface area contributed by atoms with E-state index < -0.39 is 0 Å². The van der Waals surface area contributed by atoms with Crippen LogP contribution in [0.1, 0.15) is 0 Å². The van der Waals surface area contributed by atoms with Crippen molar-refractivity contribution in [3.8, 4) is 0 Å². The van der Waals surface area contributed by atoms with Crippen LogP contribution < -0.4 is 0 Å². The molecule has 0 atom stereocenters. The van der Waals surface area contributed by atoms with Crippen LogP contribution in [0.4, 0.5) is 0 Å². The average Bonchev–Trinajstić information content (AvgIpc) is 2.38. The molecule has 0 radical (unpaired) electrons. The van der Waals surface area contributed by atoms with Gasteiger partial charge in [0.25, 0.3) is 0 Å².